The van der Waals surface area contributed by atoms with Crippen molar-refractivity contribution < 1.29 is 21.6 Å². The molecule has 2 aromatic carbocycles. The van der Waals surface area contributed by atoms with Crippen molar-refractivity contribution in [2.24, 2.45) is 0 Å². The Morgan fingerprint density at radius 3 is 2.27 bits per heavy atom. The second-order valence-electron chi connectivity index (χ2n) is 7.71. The van der Waals surface area contributed by atoms with Crippen molar-refractivity contribution >= 4 is 31.3 Å². The molecule has 2 fully saturated rings. The first kappa shape index (κ1) is 20.9. The molecular weight excluding hydrogens is 424 g/mol. The molecular formula is C21H24N2O5S2. The molecule has 0 unspecified atom stereocenters. The number of hydrogen-bond acceptors (Lipinski definition) is 6. The van der Waals surface area contributed by atoms with Crippen molar-refractivity contribution in [2.45, 2.75) is 16.6 Å². The Labute approximate surface area is 177 Å². The standard InChI is InChI=1S/C21H24N2O5S2/c24-21(23-12-10-22(11-13-23)18-6-2-1-3-7-18)17-5-4-8-19(15-17)30(27,28)20-9-14-29(25,26)16-20/h1-8,15,20H,9-14,16H2/t20-/m1/s1. The number of para-hydroxylation sites is 1. The molecule has 0 bridgehead atoms. The van der Waals surface area contributed by atoms with Gasteiger partial charge in [0, 0.05) is 37.4 Å². The Kier molecular flexibility index (Phi) is 5.59. The molecule has 0 spiro atoms. The normalized spacial score (nSPS) is 21.5. The molecule has 2 aromatic rings. The summed E-state index contributed by atoms with van der Waals surface area (Å²) in [6.45, 7) is 2.50. The van der Waals surface area contributed by atoms with E-state index in [4.69, 9.17) is 0 Å². The Balaban J connectivity index is 1.47. The fourth-order valence-electron chi connectivity index (χ4n) is 3.99. The van der Waals surface area contributed by atoms with Gasteiger partial charge >= 0.3 is 0 Å². The van der Waals surface area contributed by atoms with Gasteiger partial charge in [0.05, 0.1) is 21.7 Å². The molecule has 2 saturated heterocycles. The van der Waals surface area contributed by atoms with Gasteiger partial charge in [-0.2, -0.15) is 0 Å². The van der Waals surface area contributed by atoms with Gasteiger partial charge in [0.1, 0.15) is 0 Å². The monoisotopic (exact) mass is 448 g/mol. The Hall–Kier alpha value is -2.39. The zero-order valence-corrected chi connectivity index (χ0v) is 18.1. The molecule has 4 rings (SSSR count). The molecule has 0 aliphatic carbocycles. The topological polar surface area (TPSA) is 91.8 Å². The van der Waals surface area contributed by atoms with E-state index < -0.39 is 24.9 Å². The summed E-state index contributed by atoms with van der Waals surface area (Å²) in [4.78, 5) is 16.9. The van der Waals surface area contributed by atoms with Crippen molar-refractivity contribution in [1.82, 2.24) is 4.90 Å². The number of piperazine rings is 1. The number of hydrogen-bond donors (Lipinski definition) is 0. The third-order valence-electron chi connectivity index (χ3n) is 5.73. The summed E-state index contributed by atoms with van der Waals surface area (Å²) in [5.74, 6) is -0.672. The van der Waals surface area contributed by atoms with Crippen LogP contribution in [0, 0.1) is 0 Å². The number of carbonyl (C=O) groups excluding carboxylic acids is 1. The third-order valence-corrected chi connectivity index (χ3v) is 9.90. The Bertz CT molecular complexity index is 1140. The average molecular weight is 449 g/mol. The van der Waals surface area contributed by atoms with Gasteiger partial charge in [0.15, 0.2) is 19.7 Å². The van der Waals surface area contributed by atoms with Gasteiger partial charge in [-0.15, -0.1) is 0 Å². The van der Waals surface area contributed by atoms with E-state index in [0.717, 1.165) is 5.69 Å². The first-order valence-corrected chi connectivity index (χ1v) is 13.3. The summed E-state index contributed by atoms with van der Waals surface area (Å²) in [5.41, 5.74) is 1.43. The summed E-state index contributed by atoms with van der Waals surface area (Å²) < 4.78 is 49.2. The molecule has 2 aliphatic rings. The molecule has 7 nitrogen and oxygen atoms in total. The molecule has 0 aromatic heterocycles. The van der Waals surface area contributed by atoms with Gasteiger partial charge in [0.2, 0.25) is 0 Å². The minimum absolute atomic E-state index is 0.0124. The number of benzene rings is 2. The van der Waals surface area contributed by atoms with Crippen molar-refractivity contribution in [3.8, 4) is 0 Å². The molecule has 30 heavy (non-hydrogen) atoms. The summed E-state index contributed by atoms with van der Waals surface area (Å²) in [6, 6.07) is 16.0. The molecule has 0 saturated carbocycles. The first-order chi connectivity index (χ1) is 14.3. The molecule has 1 amide bonds. The molecule has 160 valence electrons. The summed E-state index contributed by atoms with van der Waals surface area (Å²) in [5, 5.41) is -0.942. The van der Waals surface area contributed by atoms with E-state index in [1.807, 2.05) is 30.3 Å². The lowest BCUT2D eigenvalue weighted by atomic mass is 10.1. The highest BCUT2D eigenvalue weighted by atomic mass is 32.2. The molecule has 0 radical (unpaired) electrons. The SMILES string of the molecule is O=C(c1cccc(S(=O)(=O)[C@@H]2CCS(=O)(=O)C2)c1)N1CCN(c2ccccc2)CC1. The number of rotatable bonds is 4. The molecule has 2 aliphatic heterocycles. The Morgan fingerprint density at radius 2 is 1.63 bits per heavy atom. The summed E-state index contributed by atoms with van der Waals surface area (Å²) >= 11 is 0. The quantitative estimate of drug-likeness (QED) is 0.706. The average Bonchev–Trinajstić information content (AvgIpc) is 3.14. The predicted octanol–water partition coefficient (Wildman–Crippen LogP) is 1.61. The van der Waals surface area contributed by atoms with Gasteiger partial charge in [0.25, 0.3) is 5.91 Å². The maximum atomic E-state index is 13.0. The highest BCUT2D eigenvalue weighted by Crippen LogP contribution is 2.26. The van der Waals surface area contributed by atoms with Crippen LogP contribution in [0.2, 0.25) is 0 Å². The molecule has 2 heterocycles. The maximum Gasteiger partial charge on any atom is 0.254 e. The second-order valence-corrected chi connectivity index (χ2v) is 12.2. The maximum absolute atomic E-state index is 13.0. The van der Waals surface area contributed by atoms with Crippen LogP contribution in [0.1, 0.15) is 16.8 Å². The largest absolute Gasteiger partial charge is 0.368 e. The minimum atomic E-state index is -3.80. The van der Waals surface area contributed by atoms with Crippen LogP contribution < -0.4 is 4.90 Å². The second kappa shape index (κ2) is 8.03. The highest BCUT2D eigenvalue weighted by Gasteiger charge is 2.38. The van der Waals surface area contributed by atoms with Gasteiger partial charge in [-0.25, -0.2) is 16.8 Å². The van der Waals surface area contributed by atoms with Crippen molar-refractivity contribution in [3.05, 3.63) is 60.2 Å². The number of amides is 1. The van der Waals surface area contributed by atoms with E-state index in [-0.39, 0.29) is 28.7 Å². The van der Waals surface area contributed by atoms with Crippen LogP contribution in [0.3, 0.4) is 0 Å². The zero-order valence-electron chi connectivity index (χ0n) is 16.5. The van der Waals surface area contributed by atoms with Crippen molar-refractivity contribution in [1.29, 1.82) is 0 Å². The number of nitrogens with zero attached hydrogens (tertiary/aromatic N) is 2. The van der Waals surface area contributed by atoms with Crippen molar-refractivity contribution in [3.63, 3.8) is 0 Å². The van der Waals surface area contributed by atoms with E-state index in [2.05, 4.69) is 4.90 Å². The Morgan fingerprint density at radius 1 is 0.933 bits per heavy atom. The van der Waals surface area contributed by atoms with Crippen LogP contribution in [-0.4, -0.2) is 70.6 Å². The number of anilines is 1. The smallest absolute Gasteiger partial charge is 0.254 e. The lowest BCUT2D eigenvalue weighted by Gasteiger charge is -2.36. The number of carbonyl (C=O) groups is 1. The molecule has 9 heteroatoms. The van der Waals surface area contributed by atoms with E-state index in [9.17, 15) is 21.6 Å². The fraction of sp³-hybridized carbons (Fsp3) is 0.381. The van der Waals surface area contributed by atoms with Gasteiger partial charge in [-0.1, -0.05) is 24.3 Å². The van der Waals surface area contributed by atoms with E-state index in [1.165, 1.54) is 12.1 Å². The van der Waals surface area contributed by atoms with Crippen LogP contribution in [0.5, 0.6) is 0 Å². The van der Waals surface area contributed by atoms with Crippen LogP contribution in [0.15, 0.2) is 59.5 Å². The molecule has 0 N–H and O–H groups in total. The van der Waals surface area contributed by atoms with Crippen LogP contribution in [0.4, 0.5) is 5.69 Å². The fourth-order valence-corrected chi connectivity index (χ4v) is 8.40. The minimum Gasteiger partial charge on any atom is -0.368 e. The third kappa shape index (κ3) is 4.22. The van der Waals surface area contributed by atoms with Crippen LogP contribution in [-0.2, 0) is 19.7 Å². The zero-order chi connectivity index (χ0) is 21.4. The van der Waals surface area contributed by atoms with Crippen LogP contribution >= 0.6 is 0 Å². The van der Waals surface area contributed by atoms with Gasteiger partial charge in [-0.05, 0) is 36.8 Å². The lowest BCUT2D eigenvalue weighted by Crippen LogP contribution is -2.48. The van der Waals surface area contributed by atoms with Crippen LogP contribution in [0.25, 0.3) is 0 Å². The van der Waals surface area contributed by atoms with Gasteiger partial charge < -0.3 is 9.80 Å². The summed E-state index contributed by atoms with van der Waals surface area (Å²) in [7, 11) is -7.12. The first-order valence-electron chi connectivity index (χ1n) is 9.90. The van der Waals surface area contributed by atoms with E-state index >= 15 is 0 Å². The number of sulfone groups is 2. The van der Waals surface area contributed by atoms with Gasteiger partial charge in [-0.3, -0.25) is 4.79 Å². The van der Waals surface area contributed by atoms with E-state index in [0.29, 0.717) is 31.7 Å². The predicted molar refractivity (Wildman–Crippen MR) is 115 cm³/mol. The lowest BCUT2D eigenvalue weighted by molar-refractivity contribution is 0.0746. The molecule has 1 atom stereocenters. The van der Waals surface area contributed by atoms with Crippen molar-refractivity contribution in [2.75, 3.05) is 42.6 Å². The summed E-state index contributed by atoms with van der Waals surface area (Å²) in [6.07, 6.45) is 0.101. The highest BCUT2D eigenvalue weighted by molar-refractivity contribution is 7.96. The van der Waals surface area contributed by atoms with E-state index in [1.54, 1.807) is 17.0 Å².